The summed E-state index contributed by atoms with van der Waals surface area (Å²) in [6.07, 6.45) is 6.99. The molecule has 6 rings (SSSR count). The van der Waals surface area contributed by atoms with Crippen molar-refractivity contribution in [2.75, 3.05) is 26.2 Å². The molecule has 4 aromatic rings. The zero-order valence-electron chi connectivity index (χ0n) is 20.5. The molecule has 0 spiro atoms. The third-order valence-electron chi connectivity index (χ3n) is 7.76. The van der Waals surface area contributed by atoms with Crippen LogP contribution >= 0.6 is 0 Å². The first-order valence-corrected chi connectivity index (χ1v) is 13.0. The topological polar surface area (TPSA) is 55.4 Å². The van der Waals surface area contributed by atoms with Crippen LogP contribution in [0, 0.1) is 0 Å². The van der Waals surface area contributed by atoms with Crippen LogP contribution in [0.4, 0.5) is 0 Å². The monoisotopic (exact) mass is 466 g/mol. The molecule has 2 N–H and O–H groups in total. The summed E-state index contributed by atoms with van der Waals surface area (Å²) in [6.45, 7) is 8.28. The lowest BCUT2D eigenvalue weighted by Gasteiger charge is -2.29. The number of hydrogen-bond acceptors (Lipinski definition) is 4. The number of aliphatic hydroxyl groups excluding tert-OH is 1. The van der Waals surface area contributed by atoms with Gasteiger partial charge in [-0.3, -0.25) is 9.80 Å². The van der Waals surface area contributed by atoms with Gasteiger partial charge in [0, 0.05) is 55.1 Å². The number of nitrogens with one attached hydrogen (secondary N) is 1. The Morgan fingerprint density at radius 2 is 1.83 bits per heavy atom. The van der Waals surface area contributed by atoms with Crippen LogP contribution in [-0.2, 0) is 19.5 Å². The third-order valence-corrected chi connectivity index (χ3v) is 7.76. The van der Waals surface area contributed by atoms with Crippen molar-refractivity contribution >= 4 is 11.0 Å². The number of aliphatic hydroxyl groups is 1. The second-order valence-electron chi connectivity index (χ2n) is 10.2. The Labute approximate surface area is 207 Å². The molecule has 5 heteroatoms. The summed E-state index contributed by atoms with van der Waals surface area (Å²) in [6, 6.07) is 18.0. The molecule has 180 valence electrons. The van der Waals surface area contributed by atoms with E-state index in [0.717, 1.165) is 69.7 Å². The van der Waals surface area contributed by atoms with Gasteiger partial charge in [-0.2, -0.15) is 0 Å². The molecule has 0 amide bonds. The highest BCUT2D eigenvalue weighted by Gasteiger charge is 2.18. The first kappa shape index (κ1) is 22.5. The second-order valence-corrected chi connectivity index (χ2v) is 10.2. The fraction of sp³-hybridized carbons (Fsp3) is 0.367. The Hall–Kier alpha value is -2.99. The summed E-state index contributed by atoms with van der Waals surface area (Å²) in [5.74, 6) is 0. The Balaban J connectivity index is 1.25. The highest BCUT2D eigenvalue weighted by atomic mass is 16.3. The molecule has 0 radical (unpaired) electrons. The molecule has 2 aromatic heterocycles. The van der Waals surface area contributed by atoms with E-state index in [1.165, 1.54) is 38.8 Å². The zero-order valence-corrected chi connectivity index (χ0v) is 20.5. The second kappa shape index (κ2) is 9.57. The Morgan fingerprint density at radius 3 is 2.66 bits per heavy atom. The summed E-state index contributed by atoms with van der Waals surface area (Å²) in [4.78, 5) is 13.0. The average Bonchev–Trinajstić information content (AvgIpc) is 3.32. The van der Waals surface area contributed by atoms with Gasteiger partial charge >= 0.3 is 0 Å². The molecule has 1 fully saturated rings. The minimum Gasteiger partial charge on any atom is -0.392 e. The van der Waals surface area contributed by atoms with E-state index in [2.05, 4.69) is 76.4 Å². The standard InChI is InChI=1S/C30H34N4O/c1-2-33-13-11-23-14-24(9-10-25(23)19-33)29-17-32-30-28(29)15-26(16-31-30)22-7-5-21(6-8-22)18-34-12-3-4-27(35)20-34/h5-10,14-17,27,35H,2-4,11-13,18-20H2,1H3,(H,31,32). The molecule has 2 aliphatic rings. The molecule has 5 nitrogen and oxygen atoms in total. The van der Waals surface area contributed by atoms with Crippen LogP contribution in [0.1, 0.15) is 36.5 Å². The SMILES string of the molecule is CCN1CCc2cc(-c3c[nH]c4ncc(-c5ccc(CN6CCCC(O)C6)cc5)cc34)ccc2C1. The molecule has 1 unspecified atom stereocenters. The van der Waals surface area contributed by atoms with Crippen molar-refractivity contribution in [2.45, 2.75) is 45.4 Å². The smallest absolute Gasteiger partial charge is 0.137 e. The first-order valence-electron chi connectivity index (χ1n) is 13.0. The van der Waals surface area contributed by atoms with Gasteiger partial charge in [0.15, 0.2) is 0 Å². The molecular formula is C30H34N4O. The number of H-pyrrole nitrogens is 1. The van der Waals surface area contributed by atoms with Crippen LogP contribution in [-0.4, -0.2) is 57.2 Å². The summed E-state index contributed by atoms with van der Waals surface area (Å²) < 4.78 is 0. The van der Waals surface area contributed by atoms with Crippen LogP contribution in [0.5, 0.6) is 0 Å². The summed E-state index contributed by atoms with van der Waals surface area (Å²) in [7, 11) is 0. The summed E-state index contributed by atoms with van der Waals surface area (Å²) >= 11 is 0. The molecule has 4 heterocycles. The van der Waals surface area contributed by atoms with E-state index < -0.39 is 0 Å². The molecule has 2 aliphatic heterocycles. The Bertz CT molecular complexity index is 1330. The molecular weight excluding hydrogens is 432 g/mol. The van der Waals surface area contributed by atoms with Crippen LogP contribution in [0.3, 0.4) is 0 Å². The number of pyridine rings is 1. The lowest BCUT2D eigenvalue weighted by Crippen LogP contribution is -2.37. The number of nitrogens with zero attached hydrogens (tertiary/aromatic N) is 3. The van der Waals surface area contributed by atoms with Crippen molar-refractivity contribution in [1.82, 2.24) is 19.8 Å². The highest BCUT2D eigenvalue weighted by molar-refractivity contribution is 5.96. The van der Waals surface area contributed by atoms with Crippen molar-refractivity contribution in [3.8, 4) is 22.3 Å². The van der Waals surface area contributed by atoms with E-state index in [0.29, 0.717) is 0 Å². The van der Waals surface area contributed by atoms with Gasteiger partial charge in [-0.25, -0.2) is 4.98 Å². The predicted molar refractivity (Wildman–Crippen MR) is 142 cm³/mol. The highest BCUT2D eigenvalue weighted by Crippen LogP contribution is 2.33. The molecule has 2 aromatic carbocycles. The Morgan fingerprint density at radius 1 is 0.971 bits per heavy atom. The number of β-amino-alcohol motifs (C(OH)–C–C–N with tert-alkyl or cyclic N) is 1. The maximum Gasteiger partial charge on any atom is 0.137 e. The number of likely N-dealkylation sites (tertiary alicyclic amines) is 1. The van der Waals surface area contributed by atoms with Gasteiger partial charge in [0.05, 0.1) is 6.10 Å². The molecule has 0 bridgehead atoms. The van der Waals surface area contributed by atoms with Gasteiger partial charge in [0.2, 0.25) is 0 Å². The van der Waals surface area contributed by atoms with Crippen molar-refractivity contribution < 1.29 is 5.11 Å². The van der Waals surface area contributed by atoms with E-state index in [4.69, 9.17) is 4.98 Å². The fourth-order valence-corrected chi connectivity index (χ4v) is 5.68. The average molecular weight is 467 g/mol. The Kier molecular flexibility index (Phi) is 6.15. The van der Waals surface area contributed by atoms with Crippen molar-refractivity contribution in [3.05, 3.63) is 77.6 Å². The van der Waals surface area contributed by atoms with Gasteiger partial charge in [0.25, 0.3) is 0 Å². The lowest BCUT2D eigenvalue weighted by molar-refractivity contribution is 0.0668. The van der Waals surface area contributed by atoms with Crippen molar-refractivity contribution in [1.29, 1.82) is 0 Å². The molecule has 1 atom stereocenters. The normalized spacial score (nSPS) is 19.2. The fourth-order valence-electron chi connectivity index (χ4n) is 5.68. The molecule has 35 heavy (non-hydrogen) atoms. The van der Waals surface area contributed by atoms with Gasteiger partial charge in [-0.15, -0.1) is 0 Å². The van der Waals surface area contributed by atoms with E-state index in [1.54, 1.807) is 0 Å². The van der Waals surface area contributed by atoms with Crippen LogP contribution in [0.15, 0.2) is 60.9 Å². The minimum absolute atomic E-state index is 0.183. The van der Waals surface area contributed by atoms with Crippen LogP contribution < -0.4 is 0 Å². The van der Waals surface area contributed by atoms with Crippen LogP contribution in [0.2, 0.25) is 0 Å². The quantitative estimate of drug-likeness (QED) is 0.423. The maximum absolute atomic E-state index is 9.95. The number of likely N-dealkylation sites (N-methyl/N-ethyl adjacent to an activating group) is 1. The summed E-state index contributed by atoms with van der Waals surface area (Å²) in [5.41, 5.74) is 9.94. The molecule has 0 saturated carbocycles. The number of hydrogen-bond donors (Lipinski definition) is 2. The van der Waals surface area contributed by atoms with Gasteiger partial charge in [0.1, 0.15) is 5.65 Å². The molecule has 1 saturated heterocycles. The van der Waals surface area contributed by atoms with Gasteiger partial charge in [-0.1, -0.05) is 49.4 Å². The number of rotatable bonds is 5. The van der Waals surface area contributed by atoms with Gasteiger partial charge in [-0.05, 0) is 66.2 Å². The first-order chi connectivity index (χ1) is 17.2. The molecule has 0 aliphatic carbocycles. The number of aromatic nitrogens is 2. The number of fused-ring (bicyclic) bond motifs is 2. The maximum atomic E-state index is 9.95. The van der Waals surface area contributed by atoms with E-state index in [1.807, 2.05) is 6.20 Å². The van der Waals surface area contributed by atoms with Crippen molar-refractivity contribution in [2.24, 2.45) is 0 Å². The summed E-state index contributed by atoms with van der Waals surface area (Å²) in [5, 5.41) is 11.1. The number of piperidine rings is 1. The largest absolute Gasteiger partial charge is 0.392 e. The number of benzene rings is 2. The minimum atomic E-state index is -0.183. The van der Waals surface area contributed by atoms with Crippen LogP contribution in [0.25, 0.3) is 33.3 Å². The predicted octanol–water partition coefficient (Wildman–Crippen LogP) is 5.23. The zero-order chi connectivity index (χ0) is 23.8. The van der Waals surface area contributed by atoms with Gasteiger partial charge < -0.3 is 10.1 Å². The number of aromatic amines is 1. The van der Waals surface area contributed by atoms with Crippen molar-refractivity contribution in [3.63, 3.8) is 0 Å². The van der Waals surface area contributed by atoms with E-state index >= 15 is 0 Å². The van der Waals surface area contributed by atoms with E-state index in [9.17, 15) is 5.11 Å². The van der Waals surface area contributed by atoms with E-state index in [-0.39, 0.29) is 6.10 Å². The third kappa shape index (κ3) is 4.64. The lowest BCUT2D eigenvalue weighted by atomic mass is 9.94.